The smallest absolute Gasteiger partial charge is 0.172 e. The highest BCUT2D eigenvalue weighted by Gasteiger charge is 2.20. The average Bonchev–Trinajstić information content (AvgIpc) is 3.81. The summed E-state index contributed by atoms with van der Waals surface area (Å²) in [5.41, 5.74) is 12.2. The summed E-state index contributed by atoms with van der Waals surface area (Å²) in [6.45, 7) is 18.2. The van der Waals surface area contributed by atoms with Crippen molar-refractivity contribution in [3.05, 3.63) is 193 Å². The van der Waals surface area contributed by atoms with Crippen LogP contribution in [0.15, 0.2) is 176 Å². The van der Waals surface area contributed by atoms with E-state index in [1.807, 2.05) is 105 Å². The molecule has 2 radical (unpaired) electrons. The predicted octanol–water partition coefficient (Wildman–Crippen LogP) is 11.8. The molecular formula is C49H41B2N5S. The monoisotopic (exact) mass is 753 g/mol. The Morgan fingerprint density at radius 3 is 1.93 bits per heavy atom. The topological polar surface area (TPSA) is 56.5 Å². The Labute approximate surface area is 341 Å². The molecule has 0 atom stereocenters. The van der Waals surface area contributed by atoms with E-state index < -0.39 is 0 Å². The molecule has 3 aromatic heterocycles. The van der Waals surface area contributed by atoms with Gasteiger partial charge in [0.25, 0.3) is 0 Å². The van der Waals surface area contributed by atoms with Crippen molar-refractivity contribution in [3.8, 4) is 50.4 Å². The quantitative estimate of drug-likeness (QED) is 0.0820. The van der Waals surface area contributed by atoms with E-state index in [4.69, 9.17) is 19.9 Å². The molecule has 5 nitrogen and oxygen atoms in total. The normalized spacial score (nSPS) is 12.1. The molecule has 0 aliphatic carbocycles. The maximum atomic E-state index is 5.11. The van der Waals surface area contributed by atoms with E-state index >= 15 is 0 Å². The van der Waals surface area contributed by atoms with Crippen molar-refractivity contribution in [1.29, 1.82) is 0 Å². The number of rotatable bonds is 14. The van der Waals surface area contributed by atoms with Gasteiger partial charge < -0.3 is 4.57 Å². The van der Waals surface area contributed by atoms with Crippen molar-refractivity contribution in [1.82, 2.24) is 24.5 Å². The lowest BCUT2D eigenvalue weighted by atomic mass is 9.74. The number of nitrogens with zero attached hydrogens (tertiary/aromatic N) is 5. The summed E-state index contributed by atoms with van der Waals surface area (Å²) in [7, 11) is 4.20. The first-order chi connectivity index (χ1) is 28.0. The van der Waals surface area contributed by atoms with Crippen LogP contribution in [0.4, 0.5) is 0 Å². The number of benzene rings is 4. The van der Waals surface area contributed by atoms with Gasteiger partial charge in [0.15, 0.2) is 24.8 Å². The van der Waals surface area contributed by atoms with Gasteiger partial charge in [-0.25, -0.2) is 19.9 Å². The molecule has 7 aromatic rings. The Hall–Kier alpha value is -6.63. The van der Waals surface area contributed by atoms with E-state index in [-0.39, 0.29) is 0 Å². The summed E-state index contributed by atoms with van der Waals surface area (Å²) in [5, 5.41) is 0.932. The van der Waals surface area contributed by atoms with Crippen LogP contribution in [0.2, 0.25) is 13.6 Å². The highest BCUT2D eigenvalue weighted by Crippen LogP contribution is 2.35. The Kier molecular flexibility index (Phi) is 12.1. The van der Waals surface area contributed by atoms with Gasteiger partial charge in [0.1, 0.15) is 12.3 Å². The van der Waals surface area contributed by atoms with Gasteiger partial charge >= 0.3 is 0 Å². The van der Waals surface area contributed by atoms with Gasteiger partial charge in [0.2, 0.25) is 0 Å². The second-order valence-electron chi connectivity index (χ2n) is 13.2. The minimum atomic E-state index is 0.617. The molecule has 0 spiro atoms. The molecule has 0 unspecified atom stereocenters. The number of fused-ring (bicyclic) bond motifs is 1. The van der Waals surface area contributed by atoms with Crippen LogP contribution in [0.1, 0.15) is 16.8 Å². The Morgan fingerprint density at radius 1 is 0.667 bits per heavy atom. The van der Waals surface area contributed by atoms with Crippen molar-refractivity contribution in [2.75, 3.05) is 0 Å². The standard InChI is InChI=1S/C49H41B2N5S/c1-7-10-19-39(32-50-5)34(9-3)30-42-33(4)56(45(51-6)41(42)26-11-8-2)40-25-18-24-38(29-40)49-52-43-28-27-37(31-44(43)57-49)48-54-46(35-20-14-12-15-21-35)53-47(55-48)36-22-16-13-17-23-36/h7-32H,1-3H2,4-6H3/b19-10-,26-11-,34-30+,39-32+. The molecule has 8 heteroatoms. The molecule has 0 fully saturated rings. The van der Waals surface area contributed by atoms with Crippen LogP contribution in [0.5, 0.6) is 0 Å². The number of hydrogen-bond donors (Lipinski definition) is 0. The van der Waals surface area contributed by atoms with Crippen molar-refractivity contribution >= 4 is 53.9 Å². The number of thiazole rings is 1. The fourth-order valence-corrected chi connectivity index (χ4v) is 7.81. The van der Waals surface area contributed by atoms with Crippen LogP contribution < -0.4 is 5.59 Å². The number of aromatic nitrogens is 5. The largest absolute Gasteiger partial charge is 0.327 e. The van der Waals surface area contributed by atoms with Crippen LogP contribution in [0.3, 0.4) is 0 Å². The summed E-state index contributed by atoms with van der Waals surface area (Å²) in [6, 6.07) is 34.9. The third-order valence-electron chi connectivity index (χ3n) is 9.51. The molecule has 0 amide bonds. The zero-order valence-electron chi connectivity index (χ0n) is 32.4. The van der Waals surface area contributed by atoms with Gasteiger partial charge in [-0.05, 0) is 65.6 Å². The van der Waals surface area contributed by atoms with Crippen LogP contribution in [-0.2, 0) is 0 Å². The zero-order chi connectivity index (χ0) is 39.7. The molecule has 7 rings (SSSR count). The Balaban J connectivity index is 1.30. The third-order valence-corrected chi connectivity index (χ3v) is 10.6. The summed E-state index contributed by atoms with van der Waals surface area (Å²) in [6.07, 6.45) is 15.8. The molecule has 0 saturated carbocycles. The molecule has 0 saturated heterocycles. The van der Waals surface area contributed by atoms with Gasteiger partial charge in [-0.2, -0.15) is 0 Å². The van der Waals surface area contributed by atoms with Crippen LogP contribution in [-0.4, -0.2) is 39.1 Å². The average molecular weight is 754 g/mol. The molecular weight excluding hydrogens is 712 g/mol. The second kappa shape index (κ2) is 17.9. The predicted molar refractivity (Wildman–Crippen MR) is 247 cm³/mol. The fourth-order valence-electron chi connectivity index (χ4n) is 6.81. The van der Waals surface area contributed by atoms with Crippen molar-refractivity contribution in [2.45, 2.75) is 20.6 Å². The minimum Gasteiger partial charge on any atom is -0.327 e. The van der Waals surface area contributed by atoms with Crippen LogP contribution in [0, 0.1) is 6.92 Å². The first-order valence-electron chi connectivity index (χ1n) is 18.8. The zero-order valence-corrected chi connectivity index (χ0v) is 33.2. The number of allylic oxidation sites excluding steroid dienone is 8. The van der Waals surface area contributed by atoms with Gasteiger partial charge in [-0.15, -0.1) is 17.3 Å². The molecule has 274 valence electrons. The molecule has 0 bridgehead atoms. The van der Waals surface area contributed by atoms with Crippen molar-refractivity contribution in [2.24, 2.45) is 0 Å². The van der Waals surface area contributed by atoms with Gasteiger partial charge in [-0.1, -0.05) is 149 Å². The van der Waals surface area contributed by atoms with Crippen molar-refractivity contribution in [3.63, 3.8) is 0 Å². The van der Waals surface area contributed by atoms with E-state index in [9.17, 15) is 0 Å². The minimum absolute atomic E-state index is 0.617. The fraction of sp³-hybridized carbons (Fsp3) is 0.0612. The summed E-state index contributed by atoms with van der Waals surface area (Å²) < 4.78 is 3.37. The lowest BCUT2D eigenvalue weighted by Gasteiger charge is -2.13. The van der Waals surface area contributed by atoms with Crippen molar-refractivity contribution < 1.29 is 0 Å². The molecule has 57 heavy (non-hydrogen) atoms. The van der Waals surface area contributed by atoms with E-state index in [2.05, 4.69) is 106 Å². The molecule has 4 aromatic carbocycles. The summed E-state index contributed by atoms with van der Waals surface area (Å²) in [4.78, 5) is 19.9. The van der Waals surface area contributed by atoms with E-state index in [0.717, 1.165) is 76.7 Å². The lowest BCUT2D eigenvalue weighted by Crippen LogP contribution is -2.24. The second-order valence-corrected chi connectivity index (χ2v) is 14.2. The van der Waals surface area contributed by atoms with Gasteiger partial charge in [0, 0.05) is 39.2 Å². The van der Waals surface area contributed by atoms with Crippen LogP contribution in [0.25, 0.3) is 72.8 Å². The van der Waals surface area contributed by atoms with Gasteiger partial charge in [0.05, 0.1) is 10.2 Å². The van der Waals surface area contributed by atoms with E-state index in [0.29, 0.717) is 17.5 Å². The maximum absolute atomic E-state index is 5.11. The highest BCUT2D eigenvalue weighted by molar-refractivity contribution is 7.21. The molecule has 0 N–H and O–H groups in total. The van der Waals surface area contributed by atoms with Gasteiger partial charge in [-0.3, -0.25) is 0 Å². The molecule has 3 heterocycles. The summed E-state index contributed by atoms with van der Waals surface area (Å²) in [5.74, 6) is 3.97. The SMILES string of the molecule is C=C\C=C/C(=C\[B]C)C(/C=C)=C/c1c(/C=C\C=C)c([B]C)n(-c2cccc(-c3nc4ccc(-c5nc(-c6ccccc6)nc(-c6ccccc6)n5)cc4s3)c2)c1C. The Morgan fingerprint density at radius 2 is 1.32 bits per heavy atom. The summed E-state index contributed by atoms with van der Waals surface area (Å²) >= 11 is 1.66. The molecule has 0 aliphatic heterocycles. The third kappa shape index (κ3) is 8.32. The Bertz CT molecular complexity index is 2660. The first kappa shape index (κ1) is 38.6. The van der Waals surface area contributed by atoms with E-state index in [1.54, 1.807) is 17.4 Å². The first-order valence-corrected chi connectivity index (χ1v) is 19.6. The molecule has 0 aliphatic rings. The highest BCUT2D eigenvalue weighted by atomic mass is 32.1. The van der Waals surface area contributed by atoms with Crippen LogP contribution >= 0.6 is 11.3 Å². The number of hydrogen-bond acceptors (Lipinski definition) is 5. The van der Waals surface area contributed by atoms with E-state index in [1.165, 1.54) is 0 Å². The lowest BCUT2D eigenvalue weighted by molar-refractivity contribution is 1.04. The maximum Gasteiger partial charge on any atom is 0.172 e.